The topological polar surface area (TPSA) is 76.1 Å². The van der Waals surface area contributed by atoms with Crippen LogP contribution in [0.3, 0.4) is 0 Å². The third-order valence-corrected chi connectivity index (χ3v) is 7.26. The smallest absolute Gasteiger partial charge is 0.251 e. The lowest BCUT2D eigenvalue weighted by Crippen LogP contribution is -2.54. The van der Waals surface area contributed by atoms with Crippen molar-refractivity contribution >= 4 is 35.8 Å². The molecule has 1 saturated carbocycles. The van der Waals surface area contributed by atoms with E-state index in [4.69, 9.17) is 11.6 Å². The standard InChI is InChI=1S/C25H39ClN4O3.ClH/c1-18(17-31)25(33)30(21-7-5-4-6-8-21)22-13-14-29(16-22)27-24(32)23(28(2)3)15-19-9-11-20(26)12-10-19;/h9-12,18,21-23,31H,4-8,13-17H2,1-3H3,(H,27,32);1H/t18-,22+,23-;/m1./s1. The molecule has 1 aliphatic heterocycles. The molecule has 0 radical (unpaired) electrons. The van der Waals surface area contributed by atoms with Gasteiger partial charge in [0.25, 0.3) is 5.91 Å². The number of likely N-dealkylation sites (N-methyl/N-ethyl adjacent to an activating group) is 1. The quantitative estimate of drug-likeness (QED) is 0.529. The molecular weight excluding hydrogens is 475 g/mol. The van der Waals surface area contributed by atoms with Crippen LogP contribution < -0.4 is 5.43 Å². The second kappa shape index (κ2) is 13.6. The molecule has 2 amide bonds. The fourth-order valence-electron chi connectivity index (χ4n) is 5.00. The van der Waals surface area contributed by atoms with Gasteiger partial charge in [-0.15, -0.1) is 12.4 Å². The van der Waals surface area contributed by atoms with Gasteiger partial charge < -0.3 is 10.0 Å². The molecule has 3 rings (SSSR count). The van der Waals surface area contributed by atoms with E-state index in [1.165, 1.54) is 6.42 Å². The van der Waals surface area contributed by atoms with Crippen LogP contribution in [0.4, 0.5) is 0 Å². The van der Waals surface area contributed by atoms with Crippen molar-refractivity contribution in [2.24, 2.45) is 5.92 Å². The number of benzene rings is 1. The summed E-state index contributed by atoms with van der Waals surface area (Å²) >= 11 is 5.99. The number of hydrazine groups is 1. The van der Waals surface area contributed by atoms with Crippen LogP contribution in [-0.2, 0) is 16.0 Å². The summed E-state index contributed by atoms with van der Waals surface area (Å²) in [6, 6.07) is 7.58. The fourth-order valence-corrected chi connectivity index (χ4v) is 5.13. The molecule has 3 atom stereocenters. The molecule has 2 N–H and O–H groups in total. The van der Waals surface area contributed by atoms with Gasteiger partial charge in [-0.1, -0.05) is 49.9 Å². The Labute approximate surface area is 215 Å². The van der Waals surface area contributed by atoms with Crippen LogP contribution in [0.15, 0.2) is 24.3 Å². The van der Waals surface area contributed by atoms with Gasteiger partial charge in [-0.2, -0.15) is 0 Å². The molecule has 0 spiro atoms. The van der Waals surface area contributed by atoms with Crippen molar-refractivity contribution < 1.29 is 14.7 Å². The first kappa shape index (κ1) is 28.9. The SMILES string of the molecule is C[C@H](CO)C(=O)N(C1CCCCC1)[C@H]1CCN(NC(=O)[C@@H](Cc2ccc(Cl)cc2)N(C)C)C1.Cl. The maximum Gasteiger partial charge on any atom is 0.251 e. The summed E-state index contributed by atoms with van der Waals surface area (Å²) in [6.07, 6.45) is 6.97. The molecular formula is C25H40Cl2N4O3. The molecule has 0 unspecified atom stereocenters. The van der Waals surface area contributed by atoms with Gasteiger partial charge in [0.15, 0.2) is 0 Å². The number of hydrogen-bond acceptors (Lipinski definition) is 5. The van der Waals surface area contributed by atoms with E-state index < -0.39 is 5.92 Å². The van der Waals surface area contributed by atoms with Crippen LogP contribution in [0.25, 0.3) is 0 Å². The first-order chi connectivity index (χ1) is 15.8. The number of rotatable bonds is 9. The van der Waals surface area contributed by atoms with E-state index in [-0.39, 0.29) is 49.0 Å². The average Bonchev–Trinajstić information content (AvgIpc) is 3.26. The van der Waals surface area contributed by atoms with Gasteiger partial charge in [-0.25, -0.2) is 5.01 Å². The normalized spacial score (nSPS) is 21.1. The number of aliphatic hydroxyl groups is 1. The summed E-state index contributed by atoms with van der Waals surface area (Å²) in [6.45, 7) is 2.99. The summed E-state index contributed by atoms with van der Waals surface area (Å²) in [4.78, 5) is 30.3. The highest BCUT2D eigenvalue weighted by atomic mass is 35.5. The lowest BCUT2D eigenvalue weighted by Gasteiger charge is -2.40. The minimum Gasteiger partial charge on any atom is -0.396 e. The Kier molecular flexibility index (Phi) is 11.6. The van der Waals surface area contributed by atoms with Crippen molar-refractivity contribution in [2.45, 2.75) is 70.0 Å². The number of aliphatic hydroxyl groups excluding tert-OH is 1. The molecule has 9 heteroatoms. The second-order valence-corrected chi connectivity index (χ2v) is 10.2. The zero-order chi connectivity index (χ0) is 24.0. The number of carbonyl (C=O) groups excluding carboxylic acids is 2. The zero-order valence-corrected chi connectivity index (χ0v) is 22.2. The van der Waals surface area contributed by atoms with Crippen molar-refractivity contribution in [1.29, 1.82) is 0 Å². The minimum atomic E-state index is -0.395. The van der Waals surface area contributed by atoms with E-state index in [0.717, 1.165) is 37.7 Å². The number of nitrogens with zero attached hydrogens (tertiary/aromatic N) is 3. The van der Waals surface area contributed by atoms with E-state index >= 15 is 0 Å². The molecule has 34 heavy (non-hydrogen) atoms. The summed E-state index contributed by atoms with van der Waals surface area (Å²) in [5.74, 6) is -0.403. The Balaban J connectivity index is 0.00000408. The molecule has 1 aromatic carbocycles. The molecule has 2 aliphatic rings. The highest BCUT2D eigenvalue weighted by molar-refractivity contribution is 6.30. The molecule has 0 bridgehead atoms. The van der Waals surface area contributed by atoms with Crippen LogP contribution in [0.2, 0.25) is 5.02 Å². The Morgan fingerprint density at radius 2 is 1.76 bits per heavy atom. The van der Waals surface area contributed by atoms with Crippen molar-refractivity contribution in [1.82, 2.24) is 20.2 Å². The van der Waals surface area contributed by atoms with Crippen molar-refractivity contribution in [3.05, 3.63) is 34.9 Å². The molecule has 1 aromatic rings. The first-order valence-electron chi connectivity index (χ1n) is 12.2. The average molecular weight is 516 g/mol. The van der Waals surface area contributed by atoms with Gasteiger partial charge in [0.2, 0.25) is 5.91 Å². The van der Waals surface area contributed by atoms with Gasteiger partial charge in [0.1, 0.15) is 0 Å². The predicted octanol–water partition coefficient (Wildman–Crippen LogP) is 3.13. The van der Waals surface area contributed by atoms with Crippen LogP contribution in [0.1, 0.15) is 51.0 Å². The van der Waals surface area contributed by atoms with Gasteiger partial charge >= 0.3 is 0 Å². The van der Waals surface area contributed by atoms with E-state index in [0.29, 0.717) is 24.5 Å². The van der Waals surface area contributed by atoms with Crippen LogP contribution >= 0.6 is 24.0 Å². The van der Waals surface area contributed by atoms with Gasteiger partial charge in [-0.05, 0) is 57.5 Å². The Bertz CT molecular complexity index is 787. The molecule has 1 saturated heterocycles. The van der Waals surface area contributed by atoms with E-state index in [9.17, 15) is 14.7 Å². The summed E-state index contributed by atoms with van der Waals surface area (Å²) < 4.78 is 0. The highest BCUT2D eigenvalue weighted by Crippen LogP contribution is 2.28. The molecule has 0 aromatic heterocycles. The Morgan fingerprint density at radius 1 is 1.12 bits per heavy atom. The maximum absolute atomic E-state index is 13.2. The lowest BCUT2D eigenvalue weighted by molar-refractivity contribution is -0.142. The summed E-state index contributed by atoms with van der Waals surface area (Å²) in [5, 5.41) is 12.2. The van der Waals surface area contributed by atoms with E-state index in [1.54, 1.807) is 6.92 Å². The summed E-state index contributed by atoms with van der Waals surface area (Å²) in [7, 11) is 3.82. The second-order valence-electron chi connectivity index (χ2n) is 9.80. The van der Waals surface area contributed by atoms with Gasteiger partial charge in [0, 0.05) is 30.2 Å². The predicted molar refractivity (Wildman–Crippen MR) is 138 cm³/mol. The molecule has 1 aliphatic carbocycles. The number of amides is 2. The third kappa shape index (κ3) is 7.56. The maximum atomic E-state index is 13.2. The van der Waals surface area contributed by atoms with Crippen LogP contribution in [-0.4, -0.2) is 83.6 Å². The zero-order valence-electron chi connectivity index (χ0n) is 20.6. The van der Waals surface area contributed by atoms with Gasteiger partial charge in [-0.3, -0.25) is 19.9 Å². The molecule has 2 fully saturated rings. The van der Waals surface area contributed by atoms with E-state index in [2.05, 4.69) is 5.43 Å². The number of halogens is 2. The Hall–Kier alpha value is -1.38. The van der Waals surface area contributed by atoms with Crippen LogP contribution in [0, 0.1) is 5.92 Å². The van der Waals surface area contributed by atoms with Crippen molar-refractivity contribution in [3.63, 3.8) is 0 Å². The monoisotopic (exact) mass is 514 g/mol. The van der Waals surface area contributed by atoms with Crippen LogP contribution in [0.5, 0.6) is 0 Å². The summed E-state index contributed by atoms with van der Waals surface area (Å²) in [5.41, 5.74) is 4.16. The number of nitrogens with one attached hydrogen (secondary N) is 1. The van der Waals surface area contributed by atoms with Gasteiger partial charge in [0.05, 0.1) is 18.6 Å². The molecule has 7 nitrogen and oxygen atoms in total. The number of carbonyl (C=O) groups is 2. The third-order valence-electron chi connectivity index (χ3n) is 7.01. The largest absolute Gasteiger partial charge is 0.396 e. The molecule has 1 heterocycles. The first-order valence-corrected chi connectivity index (χ1v) is 12.6. The minimum absolute atomic E-state index is 0. The van der Waals surface area contributed by atoms with Crippen molar-refractivity contribution in [2.75, 3.05) is 33.8 Å². The number of hydrogen-bond donors (Lipinski definition) is 2. The molecule has 192 valence electrons. The fraction of sp³-hybridized carbons (Fsp3) is 0.680. The Morgan fingerprint density at radius 3 is 2.35 bits per heavy atom. The van der Waals surface area contributed by atoms with E-state index in [1.807, 2.05) is 53.2 Å². The highest BCUT2D eigenvalue weighted by Gasteiger charge is 2.38. The van der Waals surface area contributed by atoms with Crippen molar-refractivity contribution in [3.8, 4) is 0 Å². The lowest BCUT2D eigenvalue weighted by atomic mass is 9.92.